The van der Waals surface area contributed by atoms with Crippen LogP contribution in [-0.2, 0) is 0 Å². The Morgan fingerprint density at radius 2 is 1.81 bits per heavy atom. The van der Waals surface area contributed by atoms with E-state index in [1.165, 1.54) is 0 Å². The van der Waals surface area contributed by atoms with Crippen LogP contribution in [0.1, 0.15) is 25.7 Å². The first-order chi connectivity index (χ1) is 13.3. The highest BCUT2D eigenvalue weighted by molar-refractivity contribution is 5.83. The summed E-state index contributed by atoms with van der Waals surface area (Å²) in [5, 5.41) is 19.0. The van der Waals surface area contributed by atoms with E-state index in [0.717, 1.165) is 59.3 Å². The normalized spacial score (nSPS) is 20.2. The Morgan fingerprint density at radius 1 is 0.963 bits per heavy atom. The number of para-hydroxylation sites is 1. The van der Waals surface area contributed by atoms with Crippen molar-refractivity contribution >= 4 is 22.4 Å². The molecule has 136 valence electrons. The molecule has 4 aromatic rings. The minimum atomic E-state index is -0.154. The average molecular weight is 359 g/mol. The number of anilines is 1. The lowest BCUT2D eigenvalue weighted by Crippen LogP contribution is -2.28. The minimum absolute atomic E-state index is 0.154. The van der Waals surface area contributed by atoms with Gasteiger partial charge in [-0.25, -0.2) is 9.50 Å². The smallest absolute Gasteiger partial charge is 0.154 e. The largest absolute Gasteiger partial charge is 0.393 e. The SMILES string of the molecule is OC1CCC(Nc2ccc3ncc(-c4cnc5ccccc5c4)n3n2)CC1. The number of aliphatic hydroxyl groups excluding tert-OH is 1. The van der Waals surface area contributed by atoms with Gasteiger partial charge in [-0.15, -0.1) is 5.10 Å². The third kappa shape index (κ3) is 3.13. The molecule has 0 radical (unpaired) electrons. The van der Waals surface area contributed by atoms with Crippen molar-refractivity contribution in [3.8, 4) is 11.3 Å². The second-order valence-corrected chi connectivity index (χ2v) is 7.20. The highest BCUT2D eigenvalue weighted by Crippen LogP contribution is 2.25. The molecule has 0 atom stereocenters. The van der Waals surface area contributed by atoms with Crippen molar-refractivity contribution < 1.29 is 5.11 Å². The Balaban J connectivity index is 1.49. The predicted molar refractivity (Wildman–Crippen MR) is 106 cm³/mol. The van der Waals surface area contributed by atoms with E-state index in [-0.39, 0.29) is 6.10 Å². The van der Waals surface area contributed by atoms with Gasteiger partial charge in [0.2, 0.25) is 0 Å². The molecule has 6 nitrogen and oxygen atoms in total. The summed E-state index contributed by atoms with van der Waals surface area (Å²) < 4.78 is 1.87. The van der Waals surface area contributed by atoms with Crippen molar-refractivity contribution in [2.24, 2.45) is 0 Å². The van der Waals surface area contributed by atoms with Crippen LogP contribution in [0.4, 0.5) is 5.82 Å². The standard InChI is InChI=1S/C21H21N5O/c27-17-7-5-16(6-8-17)24-20-9-10-21-23-13-19(26(21)25-20)15-11-14-3-1-2-4-18(14)22-12-15/h1-4,9-13,16-17,27H,5-8H2,(H,24,25). The molecule has 6 heteroatoms. The van der Waals surface area contributed by atoms with E-state index in [9.17, 15) is 5.11 Å². The molecular formula is C21H21N5O. The molecule has 3 aromatic heterocycles. The topological polar surface area (TPSA) is 75.3 Å². The van der Waals surface area contributed by atoms with Gasteiger partial charge in [-0.05, 0) is 49.9 Å². The molecule has 0 amide bonds. The highest BCUT2D eigenvalue weighted by Gasteiger charge is 2.19. The van der Waals surface area contributed by atoms with E-state index in [2.05, 4.69) is 27.4 Å². The van der Waals surface area contributed by atoms with Gasteiger partial charge >= 0.3 is 0 Å². The van der Waals surface area contributed by atoms with Gasteiger partial charge in [-0.1, -0.05) is 18.2 Å². The Morgan fingerprint density at radius 3 is 2.70 bits per heavy atom. The maximum Gasteiger partial charge on any atom is 0.154 e. The molecule has 5 rings (SSSR count). The summed E-state index contributed by atoms with van der Waals surface area (Å²) in [6, 6.07) is 14.5. The Kier molecular flexibility index (Phi) is 3.98. The van der Waals surface area contributed by atoms with Gasteiger partial charge < -0.3 is 10.4 Å². The lowest BCUT2D eigenvalue weighted by molar-refractivity contribution is 0.126. The van der Waals surface area contributed by atoms with Gasteiger partial charge in [0.05, 0.1) is 23.5 Å². The molecule has 27 heavy (non-hydrogen) atoms. The highest BCUT2D eigenvalue weighted by atomic mass is 16.3. The van der Waals surface area contributed by atoms with Gasteiger partial charge in [0.1, 0.15) is 5.82 Å². The summed E-state index contributed by atoms with van der Waals surface area (Å²) in [5.41, 5.74) is 3.70. The molecule has 1 fully saturated rings. The first-order valence-electron chi connectivity index (χ1n) is 9.41. The second kappa shape index (κ2) is 6.63. The summed E-state index contributed by atoms with van der Waals surface area (Å²) >= 11 is 0. The molecular weight excluding hydrogens is 338 g/mol. The maximum absolute atomic E-state index is 9.68. The van der Waals surface area contributed by atoms with Crippen LogP contribution in [0.25, 0.3) is 27.8 Å². The number of hydrogen-bond acceptors (Lipinski definition) is 5. The van der Waals surface area contributed by atoms with Crippen LogP contribution in [0.2, 0.25) is 0 Å². The lowest BCUT2D eigenvalue weighted by Gasteiger charge is -2.26. The van der Waals surface area contributed by atoms with Crippen molar-refractivity contribution in [1.29, 1.82) is 0 Å². The predicted octanol–water partition coefficient (Wildman–Crippen LogP) is 3.66. The zero-order chi connectivity index (χ0) is 18.2. The van der Waals surface area contributed by atoms with E-state index in [1.807, 2.05) is 47.2 Å². The van der Waals surface area contributed by atoms with Crippen molar-refractivity contribution in [2.75, 3.05) is 5.32 Å². The molecule has 0 saturated heterocycles. The molecule has 0 bridgehead atoms. The average Bonchev–Trinajstić information content (AvgIpc) is 3.13. The zero-order valence-electron chi connectivity index (χ0n) is 14.9. The summed E-state index contributed by atoms with van der Waals surface area (Å²) in [6.45, 7) is 0. The van der Waals surface area contributed by atoms with Gasteiger partial charge in [0.15, 0.2) is 5.65 Å². The molecule has 0 spiro atoms. The molecule has 1 aromatic carbocycles. The Hall–Kier alpha value is -2.99. The van der Waals surface area contributed by atoms with Crippen molar-refractivity contribution in [3.63, 3.8) is 0 Å². The summed E-state index contributed by atoms with van der Waals surface area (Å²) in [7, 11) is 0. The molecule has 0 aliphatic heterocycles. The fourth-order valence-electron chi connectivity index (χ4n) is 3.79. The number of nitrogens with zero attached hydrogens (tertiary/aromatic N) is 4. The van der Waals surface area contributed by atoms with Crippen molar-refractivity contribution in [3.05, 3.63) is 54.9 Å². The quantitative estimate of drug-likeness (QED) is 0.584. The number of imidazole rings is 1. The molecule has 2 N–H and O–H groups in total. The number of fused-ring (bicyclic) bond motifs is 2. The van der Waals surface area contributed by atoms with Gasteiger partial charge in [-0.2, -0.15) is 0 Å². The minimum Gasteiger partial charge on any atom is -0.393 e. The third-order valence-corrected chi connectivity index (χ3v) is 5.30. The van der Waals surface area contributed by atoms with Gasteiger partial charge in [0, 0.05) is 23.2 Å². The van der Waals surface area contributed by atoms with Crippen LogP contribution >= 0.6 is 0 Å². The molecule has 1 aliphatic rings. The number of pyridine rings is 1. The maximum atomic E-state index is 9.68. The molecule has 0 unspecified atom stereocenters. The zero-order valence-corrected chi connectivity index (χ0v) is 14.9. The molecule has 3 heterocycles. The number of rotatable bonds is 3. The fraction of sp³-hybridized carbons (Fsp3) is 0.286. The van der Waals surface area contributed by atoms with Crippen LogP contribution in [0.15, 0.2) is 54.9 Å². The van der Waals surface area contributed by atoms with E-state index in [4.69, 9.17) is 5.10 Å². The number of hydrogen-bond donors (Lipinski definition) is 2. The van der Waals surface area contributed by atoms with E-state index in [0.29, 0.717) is 6.04 Å². The second-order valence-electron chi connectivity index (χ2n) is 7.20. The van der Waals surface area contributed by atoms with Gasteiger partial charge in [0.25, 0.3) is 0 Å². The van der Waals surface area contributed by atoms with E-state index in [1.54, 1.807) is 0 Å². The number of aromatic nitrogens is 4. The van der Waals surface area contributed by atoms with Crippen LogP contribution in [0, 0.1) is 0 Å². The Labute approximate surface area is 156 Å². The van der Waals surface area contributed by atoms with Crippen LogP contribution in [0.3, 0.4) is 0 Å². The molecule has 1 saturated carbocycles. The van der Waals surface area contributed by atoms with Crippen molar-refractivity contribution in [1.82, 2.24) is 19.6 Å². The van der Waals surface area contributed by atoms with Crippen LogP contribution in [-0.4, -0.2) is 36.8 Å². The number of aliphatic hydroxyl groups is 1. The van der Waals surface area contributed by atoms with Crippen molar-refractivity contribution in [2.45, 2.75) is 37.8 Å². The first-order valence-corrected chi connectivity index (χ1v) is 9.41. The summed E-state index contributed by atoms with van der Waals surface area (Å²) in [6.07, 6.45) is 7.18. The summed E-state index contributed by atoms with van der Waals surface area (Å²) in [5.74, 6) is 0.830. The summed E-state index contributed by atoms with van der Waals surface area (Å²) in [4.78, 5) is 9.04. The monoisotopic (exact) mass is 359 g/mol. The lowest BCUT2D eigenvalue weighted by atomic mass is 9.93. The Bertz CT molecular complexity index is 1100. The fourth-order valence-corrected chi connectivity index (χ4v) is 3.79. The molecule has 1 aliphatic carbocycles. The van der Waals surface area contributed by atoms with Crippen LogP contribution in [0.5, 0.6) is 0 Å². The number of benzene rings is 1. The third-order valence-electron chi connectivity index (χ3n) is 5.30. The van der Waals surface area contributed by atoms with E-state index < -0.39 is 0 Å². The number of nitrogens with one attached hydrogen (secondary N) is 1. The van der Waals surface area contributed by atoms with E-state index >= 15 is 0 Å². The van der Waals surface area contributed by atoms with Crippen LogP contribution < -0.4 is 5.32 Å². The van der Waals surface area contributed by atoms with Gasteiger partial charge in [-0.3, -0.25) is 4.98 Å². The first kappa shape index (κ1) is 16.2.